The number of carbonyl (C=O) groups excluding carboxylic acids is 3. The van der Waals surface area contributed by atoms with Crippen LogP contribution in [0, 0.1) is 0 Å². The van der Waals surface area contributed by atoms with Crippen LogP contribution in [0.25, 0.3) is 0 Å². The first-order valence-electron chi connectivity index (χ1n) is 9.23. The predicted octanol–water partition coefficient (Wildman–Crippen LogP) is 1.48. The van der Waals surface area contributed by atoms with Gasteiger partial charge in [-0.05, 0) is 12.0 Å². The first kappa shape index (κ1) is 20.9. The fraction of sp³-hybridized carbons (Fsp3) is 0.400. The number of carboxylic acids is 1. The fourth-order valence-electron chi connectivity index (χ4n) is 3.49. The fourth-order valence-corrected chi connectivity index (χ4v) is 4.82. The van der Waals surface area contributed by atoms with Crippen molar-refractivity contribution in [3.05, 3.63) is 47.2 Å². The summed E-state index contributed by atoms with van der Waals surface area (Å²) in [7, 11) is 0. The van der Waals surface area contributed by atoms with Gasteiger partial charge in [0.25, 0.3) is 5.91 Å². The minimum Gasteiger partial charge on any atom is -0.477 e. The van der Waals surface area contributed by atoms with Crippen molar-refractivity contribution in [3.8, 4) is 0 Å². The number of hydrogen-bond acceptors (Lipinski definition) is 6. The normalized spacial score (nSPS) is 21.7. The minimum atomic E-state index is -1.26. The number of amides is 2. The number of carbonyl (C=O) groups is 4. The Morgan fingerprint density at radius 3 is 2.59 bits per heavy atom. The van der Waals surface area contributed by atoms with Crippen molar-refractivity contribution in [2.45, 2.75) is 37.6 Å². The molecule has 2 N–H and O–H groups in total. The molecule has 0 aromatic heterocycles. The number of nitrogens with zero attached hydrogens (tertiary/aromatic N) is 1. The van der Waals surface area contributed by atoms with Crippen LogP contribution in [0.1, 0.15) is 31.7 Å². The molecule has 8 nitrogen and oxygen atoms in total. The summed E-state index contributed by atoms with van der Waals surface area (Å²) < 4.78 is 4.91. The number of fused-ring (bicyclic) bond motifs is 1. The number of ether oxygens (including phenoxy) is 1. The molecule has 2 aliphatic heterocycles. The van der Waals surface area contributed by atoms with Gasteiger partial charge in [0, 0.05) is 18.2 Å². The summed E-state index contributed by atoms with van der Waals surface area (Å²) in [5.41, 5.74) is 1.06. The molecule has 1 aromatic rings. The highest BCUT2D eigenvalue weighted by molar-refractivity contribution is 8.00. The van der Waals surface area contributed by atoms with Gasteiger partial charge in [-0.2, -0.15) is 0 Å². The Labute approximate surface area is 172 Å². The highest BCUT2D eigenvalue weighted by Gasteiger charge is 2.54. The second-order valence-corrected chi connectivity index (χ2v) is 7.91. The van der Waals surface area contributed by atoms with Gasteiger partial charge in [-0.25, -0.2) is 4.79 Å². The zero-order valence-electron chi connectivity index (χ0n) is 16.1. The van der Waals surface area contributed by atoms with E-state index in [-0.39, 0.29) is 24.1 Å². The first-order chi connectivity index (χ1) is 13.8. The van der Waals surface area contributed by atoms with Gasteiger partial charge in [-0.1, -0.05) is 37.3 Å². The number of aliphatic carboxylic acids is 1. The van der Waals surface area contributed by atoms with Crippen molar-refractivity contribution in [2.24, 2.45) is 0 Å². The van der Waals surface area contributed by atoms with Crippen LogP contribution in [0.15, 0.2) is 41.6 Å². The van der Waals surface area contributed by atoms with E-state index in [1.807, 2.05) is 37.3 Å². The predicted molar refractivity (Wildman–Crippen MR) is 106 cm³/mol. The van der Waals surface area contributed by atoms with Crippen LogP contribution in [-0.2, 0) is 23.9 Å². The van der Waals surface area contributed by atoms with E-state index in [1.54, 1.807) is 0 Å². The van der Waals surface area contributed by atoms with Gasteiger partial charge in [0.2, 0.25) is 5.91 Å². The topological polar surface area (TPSA) is 113 Å². The third-order valence-corrected chi connectivity index (χ3v) is 6.26. The monoisotopic (exact) mass is 418 g/mol. The first-order valence-corrected chi connectivity index (χ1v) is 10.3. The standard InChI is InChI=1S/C20H22N2O6S/c1-3-14(12-7-5-4-6-8-12)17(24)21-15-18(25)22-16(20(26)27)13(9-28-11(2)23)10-29-19(15)22/h4-8,14-15,19H,3,9-10H2,1-2H3,(H,21,24)(H,26,27)/t14-,15+,19-/m0/s1. The van der Waals surface area contributed by atoms with Crippen molar-refractivity contribution in [2.75, 3.05) is 12.4 Å². The Hall–Kier alpha value is -2.81. The highest BCUT2D eigenvalue weighted by atomic mass is 32.2. The van der Waals surface area contributed by atoms with Crippen molar-refractivity contribution < 1.29 is 29.0 Å². The summed E-state index contributed by atoms with van der Waals surface area (Å²) in [6.07, 6.45) is 0.574. The van der Waals surface area contributed by atoms with Crippen molar-refractivity contribution >= 4 is 35.5 Å². The second-order valence-electron chi connectivity index (χ2n) is 6.81. The zero-order valence-corrected chi connectivity index (χ0v) is 16.9. The summed E-state index contributed by atoms with van der Waals surface area (Å²) in [4.78, 5) is 49.4. The molecule has 0 radical (unpaired) electrons. The van der Waals surface area contributed by atoms with Crippen LogP contribution in [0.2, 0.25) is 0 Å². The molecule has 9 heteroatoms. The van der Waals surface area contributed by atoms with Crippen molar-refractivity contribution in [1.29, 1.82) is 0 Å². The minimum absolute atomic E-state index is 0.166. The number of carboxylic acid groups (broad SMARTS) is 1. The van der Waals surface area contributed by atoms with Gasteiger partial charge in [-0.3, -0.25) is 19.3 Å². The molecule has 29 heavy (non-hydrogen) atoms. The van der Waals surface area contributed by atoms with Crippen LogP contribution in [0.3, 0.4) is 0 Å². The van der Waals surface area contributed by atoms with E-state index in [9.17, 15) is 24.3 Å². The maximum Gasteiger partial charge on any atom is 0.352 e. The van der Waals surface area contributed by atoms with Crippen molar-refractivity contribution in [3.63, 3.8) is 0 Å². The summed E-state index contributed by atoms with van der Waals surface area (Å²) >= 11 is 1.34. The average Bonchev–Trinajstić information content (AvgIpc) is 2.70. The molecule has 0 spiro atoms. The van der Waals surface area contributed by atoms with Gasteiger partial charge < -0.3 is 15.2 Å². The molecular weight excluding hydrogens is 396 g/mol. The van der Waals surface area contributed by atoms with E-state index in [0.717, 1.165) is 5.56 Å². The molecule has 3 rings (SSSR count). The Kier molecular flexibility index (Phi) is 6.26. The molecule has 0 saturated carbocycles. The molecule has 2 amide bonds. The van der Waals surface area contributed by atoms with E-state index < -0.39 is 29.3 Å². The SMILES string of the molecule is CC[C@H](C(=O)N[C@@H]1C(=O)N2C(C(=O)O)=C(COC(C)=O)CS[C@@H]12)c1ccccc1. The smallest absolute Gasteiger partial charge is 0.352 e. The summed E-state index contributed by atoms with van der Waals surface area (Å²) in [5, 5.41) is 11.9. The molecule has 0 unspecified atom stereocenters. The van der Waals surface area contributed by atoms with E-state index in [4.69, 9.17) is 4.74 Å². The van der Waals surface area contributed by atoms with E-state index in [0.29, 0.717) is 17.7 Å². The van der Waals surface area contributed by atoms with E-state index in [2.05, 4.69) is 5.32 Å². The van der Waals surface area contributed by atoms with Gasteiger partial charge in [0.05, 0.1) is 5.92 Å². The molecule has 154 valence electrons. The van der Waals surface area contributed by atoms with Crippen LogP contribution < -0.4 is 5.32 Å². The maximum absolute atomic E-state index is 12.8. The Balaban J connectivity index is 1.74. The zero-order chi connectivity index (χ0) is 21.1. The number of thioether (sulfide) groups is 1. The van der Waals surface area contributed by atoms with Crippen molar-refractivity contribution in [1.82, 2.24) is 10.2 Å². The van der Waals surface area contributed by atoms with E-state index >= 15 is 0 Å². The molecule has 0 bridgehead atoms. The lowest BCUT2D eigenvalue weighted by molar-refractivity contribution is -0.151. The van der Waals surface area contributed by atoms with Gasteiger partial charge >= 0.3 is 11.9 Å². The number of esters is 1. The maximum atomic E-state index is 12.8. The van der Waals surface area contributed by atoms with E-state index in [1.165, 1.54) is 23.6 Å². The Bertz CT molecular complexity index is 869. The molecule has 3 atom stereocenters. The molecule has 1 fully saturated rings. The number of β-lactam (4-membered cyclic amide) rings is 1. The molecule has 0 aliphatic carbocycles. The third kappa shape index (κ3) is 4.14. The van der Waals surface area contributed by atoms with Gasteiger partial charge in [-0.15, -0.1) is 11.8 Å². The Morgan fingerprint density at radius 1 is 1.31 bits per heavy atom. The molecule has 1 aromatic carbocycles. The number of nitrogens with one attached hydrogen (secondary N) is 1. The quantitative estimate of drug-likeness (QED) is 0.509. The van der Waals surface area contributed by atoms with Gasteiger partial charge in [0.15, 0.2) is 0 Å². The average molecular weight is 418 g/mol. The number of benzene rings is 1. The van der Waals surface area contributed by atoms with Crippen LogP contribution >= 0.6 is 11.8 Å². The molecular formula is C20H22N2O6S. The summed E-state index contributed by atoms with van der Waals surface area (Å²) in [6.45, 7) is 2.95. The summed E-state index contributed by atoms with van der Waals surface area (Å²) in [6, 6.07) is 8.53. The second kappa shape index (κ2) is 8.69. The Morgan fingerprint density at radius 2 is 2.00 bits per heavy atom. The van der Waals surface area contributed by atoms with Crippen LogP contribution in [0.5, 0.6) is 0 Å². The number of hydrogen-bond donors (Lipinski definition) is 2. The lowest BCUT2D eigenvalue weighted by Gasteiger charge is -2.49. The number of rotatable bonds is 7. The molecule has 2 aliphatic rings. The van der Waals surface area contributed by atoms with Crippen LogP contribution in [-0.4, -0.2) is 57.5 Å². The highest BCUT2D eigenvalue weighted by Crippen LogP contribution is 2.40. The lowest BCUT2D eigenvalue weighted by Crippen LogP contribution is -2.71. The van der Waals surface area contributed by atoms with Crippen LogP contribution in [0.4, 0.5) is 0 Å². The molecule has 2 heterocycles. The lowest BCUT2D eigenvalue weighted by atomic mass is 9.94. The largest absolute Gasteiger partial charge is 0.477 e. The third-order valence-electron chi connectivity index (χ3n) is 4.92. The molecule has 1 saturated heterocycles. The summed E-state index contributed by atoms with van der Waals surface area (Å²) in [5.74, 6) is -2.61. The van der Waals surface area contributed by atoms with Gasteiger partial charge in [0.1, 0.15) is 23.7 Å².